The molecule has 7 N–H and O–H groups in total. The minimum Gasteiger partial charge on any atom is -0.480 e. The molecular weight excluding hydrogens is 606 g/mol. The summed E-state index contributed by atoms with van der Waals surface area (Å²) in [4.78, 5) is 37.7. The summed E-state index contributed by atoms with van der Waals surface area (Å²) in [7, 11) is -8.63. The quantitative estimate of drug-likeness (QED) is 0.194. The number of carboxylic acid groups (broad SMARTS) is 1. The van der Waals surface area contributed by atoms with E-state index >= 15 is 0 Å². The number of aliphatic carboxylic acids is 1. The number of primary sulfonamides is 1. The monoisotopic (exact) mass is 641 g/mol. The third kappa shape index (κ3) is 10.2. The van der Waals surface area contributed by atoms with E-state index in [4.69, 9.17) is 22.5 Å². The van der Waals surface area contributed by atoms with Crippen LogP contribution in [0.5, 0.6) is 0 Å². The van der Waals surface area contributed by atoms with Crippen LogP contribution in [-0.4, -0.2) is 75.4 Å². The van der Waals surface area contributed by atoms with Gasteiger partial charge in [0, 0.05) is 18.1 Å². The SMILES string of the molecule is CC(C)(C)CC(=O)SCC(CCCCN)C(=O)N(CC(=O)O)CC1Nc2cc(Cl)c(S(N)(=O)=O)cc2S(=O)(=O)N1. The lowest BCUT2D eigenvalue weighted by Crippen LogP contribution is -2.54. The summed E-state index contributed by atoms with van der Waals surface area (Å²) in [6.45, 7) is 5.06. The molecule has 226 valence electrons. The first kappa shape index (κ1) is 34.3. The molecule has 0 bridgehead atoms. The van der Waals surface area contributed by atoms with E-state index in [-0.39, 0.29) is 33.5 Å². The third-order valence-corrected chi connectivity index (χ3v) is 9.70. The van der Waals surface area contributed by atoms with Gasteiger partial charge >= 0.3 is 5.97 Å². The number of fused-ring (bicyclic) bond motifs is 1. The van der Waals surface area contributed by atoms with Crippen molar-refractivity contribution in [2.75, 3.05) is 30.7 Å². The maximum atomic E-state index is 13.6. The van der Waals surface area contributed by atoms with Crippen LogP contribution in [0.1, 0.15) is 46.5 Å². The summed E-state index contributed by atoms with van der Waals surface area (Å²) >= 11 is 7.03. The topological polar surface area (TPSA) is 219 Å². The van der Waals surface area contributed by atoms with Crippen molar-refractivity contribution in [1.29, 1.82) is 0 Å². The number of benzene rings is 1. The molecule has 13 nitrogen and oxygen atoms in total. The van der Waals surface area contributed by atoms with Gasteiger partial charge in [0.15, 0.2) is 5.12 Å². The first-order chi connectivity index (χ1) is 18.3. The van der Waals surface area contributed by atoms with Gasteiger partial charge in [-0.15, -0.1) is 0 Å². The molecule has 2 atom stereocenters. The lowest BCUT2D eigenvalue weighted by atomic mass is 9.93. The van der Waals surface area contributed by atoms with Crippen molar-refractivity contribution < 1.29 is 36.3 Å². The van der Waals surface area contributed by atoms with Crippen molar-refractivity contribution in [3.8, 4) is 0 Å². The number of rotatable bonds is 13. The van der Waals surface area contributed by atoms with Crippen LogP contribution >= 0.6 is 23.4 Å². The molecular formula is C23H36ClN5O8S3. The van der Waals surface area contributed by atoms with Gasteiger partial charge in [0.2, 0.25) is 26.0 Å². The fraction of sp³-hybridized carbons (Fsp3) is 0.609. The van der Waals surface area contributed by atoms with Crippen LogP contribution in [0.4, 0.5) is 5.69 Å². The highest BCUT2D eigenvalue weighted by atomic mass is 35.5. The van der Waals surface area contributed by atoms with Gasteiger partial charge in [-0.05, 0) is 36.9 Å². The number of nitrogens with one attached hydrogen (secondary N) is 2. The van der Waals surface area contributed by atoms with E-state index in [1.807, 2.05) is 20.8 Å². The lowest BCUT2D eigenvalue weighted by molar-refractivity contribution is -0.146. The second-order valence-corrected chi connectivity index (χ2v) is 15.4. The zero-order valence-corrected chi connectivity index (χ0v) is 25.7. The minimum absolute atomic E-state index is 0.0493. The molecule has 0 aliphatic carbocycles. The number of thioether (sulfide) groups is 1. The molecule has 1 amide bonds. The number of hydrogen-bond acceptors (Lipinski definition) is 10. The Labute approximate surface area is 243 Å². The highest BCUT2D eigenvalue weighted by molar-refractivity contribution is 8.13. The minimum atomic E-state index is -4.32. The highest BCUT2D eigenvalue weighted by Gasteiger charge is 2.35. The first-order valence-corrected chi connectivity index (χ1v) is 16.7. The van der Waals surface area contributed by atoms with Crippen molar-refractivity contribution >= 4 is 66.1 Å². The fourth-order valence-electron chi connectivity index (χ4n) is 4.00. The Morgan fingerprint density at radius 3 is 2.42 bits per heavy atom. The molecule has 1 aromatic rings. The van der Waals surface area contributed by atoms with Crippen LogP contribution in [0.25, 0.3) is 0 Å². The Bertz CT molecular complexity index is 1330. The number of nitrogens with zero attached hydrogens (tertiary/aromatic N) is 1. The summed E-state index contributed by atoms with van der Waals surface area (Å²) in [5, 5.41) is 17.0. The molecule has 0 fully saturated rings. The summed E-state index contributed by atoms with van der Waals surface area (Å²) in [5.41, 5.74) is 5.30. The van der Waals surface area contributed by atoms with Crippen LogP contribution in [0.3, 0.4) is 0 Å². The van der Waals surface area contributed by atoms with E-state index in [1.165, 1.54) is 0 Å². The fourth-order valence-corrected chi connectivity index (χ4v) is 7.72. The zero-order valence-electron chi connectivity index (χ0n) is 22.5. The summed E-state index contributed by atoms with van der Waals surface area (Å²) < 4.78 is 51.8. The summed E-state index contributed by atoms with van der Waals surface area (Å²) in [6, 6.07) is 1.90. The number of amides is 1. The normalized spacial score (nSPS) is 17.4. The average Bonchev–Trinajstić information content (AvgIpc) is 2.77. The Morgan fingerprint density at radius 2 is 1.88 bits per heavy atom. The number of anilines is 1. The second-order valence-electron chi connectivity index (χ2n) is 10.7. The van der Waals surface area contributed by atoms with E-state index in [0.29, 0.717) is 32.2 Å². The van der Waals surface area contributed by atoms with Gasteiger partial charge in [-0.3, -0.25) is 14.4 Å². The van der Waals surface area contributed by atoms with Gasteiger partial charge in [-0.1, -0.05) is 50.6 Å². The molecule has 1 heterocycles. The third-order valence-electron chi connectivity index (χ3n) is 5.77. The van der Waals surface area contributed by atoms with Gasteiger partial charge in [0.25, 0.3) is 0 Å². The number of carboxylic acids is 1. The maximum absolute atomic E-state index is 13.6. The molecule has 0 spiro atoms. The number of unbranched alkanes of at least 4 members (excludes halogenated alkanes) is 1. The van der Waals surface area contributed by atoms with Gasteiger partial charge in [0.1, 0.15) is 22.5 Å². The van der Waals surface area contributed by atoms with Crippen LogP contribution in [0.15, 0.2) is 21.9 Å². The first-order valence-electron chi connectivity index (χ1n) is 12.4. The molecule has 0 aromatic heterocycles. The Balaban J connectivity index is 2.31. The molecule has 0 radical (unpaired) electrons. The van der Waals surface area contributed by atoms with E-state index in [9.17, 15) is 36.3 Å². The summed E-state index contributed by atoms with van der Waals surface area (Å²) in [6.07, 6.45) is 0.695. The molecule has 0 saturated carbocycles. The van der Waals surface area contributed by atoms with Gasteiger partial charge in [-0.2, -0.15) is 4.72 Å². The molecule has 1 aromatic carbocycles. The molecule has 17 heteroatoms. The van der Waals surface area contributed by atoms with E-state index in [2.05, 4.69) is 10.0 Å². The van der Waals surface area contributed by atoms with Gasteiger partial charge < -0.3 is 21.1 Å². The predicted molar refractivity (Wildman–Crippen MR) is 153 cm³/mol. The van der Waals surface area contributed by atoms with Crippen LogP contribution in [-0.2, 0) is 34.4 Å². The number of carbonyl (C=O) groups is 3. The van der Waals surface area contributed by atoms with Crippen LogP contribution < -0.4 is 20.9 Å². The van der Waals surface area contributed by atoms with E-state index < -0.39 is 60.3 Å². The number of carbonyl (C=O) groups excluding carboxylic acids is 2. The molecule has 2 unspecified atom stereocenters. The van der Waals surface area contributed by atoms with Crippen molar-refractivity contribution in [2.24, 2.45) is 22.2 Å². The molecule has 1 aliphatic heterocycles. The van der Waals surface area contributed by atoms with Crippen molar-refractivity contribution in [3.05, 3.63) is 17.2 Å². The predicted octanol–water partition coefficient (Wildman–Crippen LogP) is 1.37. The van der Waals surface area contributed by atoms with Crippen LogP contribution in [0, 0.1) is 11.3 Å². The molecule has 2 rings (SSSR count). The van der Waals surface area contributed by atoms with Crippen molar-refractivity contribution in [3.63, 3.8) is 0 Å². The van der Waals surface area contributed by atoms with Gasteiger partial charge in [0.05, 0.1) is 17.3 Å². The molecule has 0 saturated heterocycles. The van der Waals surface area contributed by atoms with Crippen molar-refractivity contribution in [1.82, 2.24) is 9.62 Å². The highest BCUT2D eigenvalue weighted by Crippen LogP contribution is 2.34. The Hall–Kier alpha value is -1.95. The Kier molecular flexibility index (Phi) is 11.8. The number of hydrogen-bond donors (Lipinski definition) is 5. The molecule has 1 aliphatic rings. The summed E-state index contributed by atoms with van der Waals surface area (Å²) in [5.74, 6) is -2.44. The zero-order chi connectivity index (χ0) is 30.5. The van der Waals surface area contributed by atoms with Crippen LogP contribution in [0.2, 0.25) is 5.02 Å². The Morgan fingerprint density at radius 1 is 1.23 bits per heavy atom. The maximum Gasteiger partial charge on any atom is 0.323 e. The standard InChI is InChI=1S/C23H36ClN5O8S3/c1-23(2,3)10-21(32)38-13-14(6-4-5-7-25)22(33)29(12-20(30)31)11-19-27-16-8-15(24)17(39(26,34)35)9-18(16)40(36,37)28-19/h8-9,14,19,27-28H,4-7,10-13,25H2,1-3H3,(H,30,31)(H2,26,34,35). The average molecular weight is 642 g/mol. The smallest absolute Gasteiger partial charge is 0.323 e. The van der Waals surface area contributed by atoms with E-state index in [1.54, 1.807) is 0 Å². The number of nitrogens with two attached hydrogens (primary N) is 2. The van der Waals surface area contributed by atoms with Gasteiger partial charge in [-0.25, -0.2) is 22.0 Å². The largest absolute Gasteiger partial charge is 0.480 e. The number of halogens is 1. The molecule has 40 heavy (non-hydrogen) atoms. The second kappa shape index (κ2) is 13.8. The van der Waals surface area contributed by atoms with E-state index in [0.717, 1.165) is 28.8 Å². The number of sulfonamides is 2. The van der Waals surface area contributed by atoms with Crippen molar-refractivity contribution in [2.45, 2.75) is 62.4 Å². The lowest BCUT2D eigenvalue weighted by Gasteiger charge is -2.33.